The van der Waals surface area contributed by atoms with Crippen LogP contribution < -0.4 is 5.32 Å². The molecule has 4 nitrogen and oxygen atoms in total. The molecule has 1 aliphatic rings. The zero-order chi connectivity index (χ0) is 9.84. The van der Waals surface area contributed by atoms with Crippen LogP contribution in [0, 0.1) is 5.92 Å². The van der Waals surface area contributed by atoms with Gasteiger partial charge in [0.05, 0.1) is 6.54 Å². The summed E-state index contributed by atoms with van der Waals surface area (Å²) in [5, 5.41) is 2.39. The summed E-state index contributed by atoms with van der Waals surface area (Å²) in [6.45, 7) is 5.13. The highest BCUT2D eigenvalue weighted by Crippen LogP contribution is 2.21. The van der Waals surface area contributed by atoms with Gasteiger partial charge in [-0.25, -0.2) is 0 Å². The van der Waals surface area contributed by atoms with Crippen LogP contribution in [0.2, 0.25) is 0 Å². The van der Waals surface area contributed by atoms with E-state index in [0.29, 0.717) is 18.4 Å². The lowest BCUT2D eigenvalue weighted by Crippen LogP contribution is -2.39. The van der Waals surface area contributed by atoms with Crippen LogP contribution in [0.15, 0.2) is 0 Å². The highest BCUT2D eigenvalue weighted by Gasteiger charge is 2.29. The summed E-state index contributed by atoms with van der Waals surface area (Å²) < 4.78 is 0. The molecule has 74 valence electrons. The summed E-state index contributed by atoms with van der Waals surface area (Å²) in [6.07, 6.45) is 1.62. The molecule has 13 heavy (non-hydrogen) atoms. The van der Waals surface area contributed by atoms with Crippen molar-refractivity contribution in [1.82, 2.24) is 10.2 Å². The van der Waals surface area contributed by atoms with Crippen LogP contribution in [-0.4, -0.2) is 36.3 Å². The maximum Gasteiger partial charge on any atom is 0.242 e. The van der Waals surface area contributed by atoms with E-state index in [0.717, 1.165) is 13.0 Å². The maximum absolute atomic E-state index is 11.5. The minimum absolute atomic E-state index is 0.0175. The molecule has 0 spiro atoms. The van der Waals surface area contributed by atoms with Crippen LogP contribution in [0.25, 0.3) is 0 Å². The highest BCUT2D eigenvalue weighted by atomic mass is 16.2. The number of rotatable bonds is 3. The molecule has 0 aromatic rings. The molecule has 0 aromatic carbocycles. The van der Waals surface area contributed by atoms with Crippen molar-refractivity contribution in [3.8, 4) is 0 Å². The summed E-state index contributed by atoms with van der Waals surface area (Å²) in [7, 11) is 0. The lowest BCUT2D eigenvalue weighted by molar-refractivity contribution is -0.131. The van der Waals surface area contributed by atoms with Gasteiger partial charge >= 0.3 is 0 Å². The van der Waals surface area contributed by atoms with Crippen molar-refractivity contribution in [2.45, 2.75) is 26.3 Å². The number of nitrogens with zero attached hydrogens (tertiary/aromatic N) is 1. The molecule has 0 radical (unpaired) electrons. The van der Waals surface area contributed by atoms with E-state index in [-0.39, 0.29) is 12.5 Å². The van der Waals surface area contributed by atoms with Crippen molar-refractivity contribution < 1.29 is 9.59 Å². The number of hydrogen-bond acceptors (Lipinski definition) is 2. The molecule has 0 saturated carbocycles. The van der Waals surface area contributed by atoms with Crippen LogP contribution in [0.1, 0.15) is 20.3 Å². The van der Waals surface area contributed by atoms with Crippen molar-refractivity contribution in [2.24, 2.45) is 5.92 Å². The van der Waals surface area contributed by atoms with Crippen LogP contribution in [-0.2, 0) is 9.59 Å². The lowest BCUT2D eigenvalue weighted by atomic mass is 10.1. The minimum atomic E-state index is 0.0175. The minimum Gasteiger partial charge on any atom is -0.350 e. The van der Waals surface area contributed by atoms with E-state index in [1.165, 1.54) is 0 Å². The Labute approximate surface area is 78.3 Å². The van der Waals surface area contributed by atoms with Crippen LogP contribution in [0.5, 0.6) is 0 Å². The Balaban J connectivity index is 2.42. The molecule has 4 heteroatoms. The van der Waals surface area contributed by atoms with Gasteiger partial charge in [-0.2, -0.15) is 0 Å². The van der Waals surface area contributed by atoms with E-state index in [1.54, 1.807) is 0 Å². The van der Waals surface area contributed by atoms with Gasteiger partial charge in [0.25, 0.3) is 0 Å². The normalized spacial score (nSPS) is 27.4. The predicted molar refractivity (Wildman–Crippen MR) is 49.0 cm³/mol. The Morgan fingerprint density at radius 1 is 1.62 bits per heavy atom. The van der Waals surface area contributed by atoms with E-state index < -0.39 is 0 Å². The first-order valence-electron chi connectivity index (χ1n) is 4.61. The van der Waals surface area contributed by atoms with E-state index in [2.05, 4.69) is 12.2 Å². The topological polar surface area (TPSA) is 49.4 Å². The largest absolute Gasteiger partial charge is 0.350 e. The molecule has 0 aliphatic carbocycles. The smallest absolute Gasteiger partial charge is 0.242 e. The van der Waals surface area contributed by atoms with Gasteiger partial charge in [0.1, 0.15) is 0 Å². The summed E-state index contributed by atoms with van der Waals surface area (Å²) in [6, 6.07) is 0.316. The van der Waals surface area contributed by atoms with Gasteiger partial charge < -0.3 is 10.2 Å². The molecule has 1 N–H and O–H groups in total. The van der Waals surface area contributed by atoms with Gasteiger partial charge in [-0.15, -0.1) is 0 Å². The second kappa shape index (κ2) is 4.25. The number of carbonyl (C=O) groups excluding carboxylic acids is 2. The molecule has 2 atom stereocenters. The predicted octanol–water partition coefficient (Wildman–Crippen LogP) is -0.0107. The van der Waals surface area contributed by atoms with Crippen molar-refractivity contribution in [1.29, 1.82) is 0 Å². The van der Waals surface area contributed by atoms with E-state index in [9.17, 15) is 9.59 Å². The van der Waals surface area contributed by atoms with Gasteiger partial charge in [-0.1, -0.05) is 6.92 Å². The van der Waals surface area contributed by atoms with Gasteiger partial charge in [-0.3, -0.25) is 9.59 Å². The number of carbonyl (C=O) groups is 2. The average Bonchev–Trinajstić information content (AvgIpc) is 2.41. The first-order chi connectivity index (χ1) is 6.15. The number of amides is 2. The first kappa shape index (κ1) is 10.0. The highest BCUT2D eigenvalue weighted by molar-refractivity contribution is 5.80. The Morgan fingerprint density at radius 3 is 2.77 bits per heavy atom. The number of hydrogen-bond donors (Lipinski definition) is 1. The molecule has 1 fully saturated rings. The number of nitrogens with one attached hydrogen (secondary N) is 1. The summed E-state index contributed by atoms with van der Waals surface area (Å²) in [5.41, 5.74) is 0. The fourth-order valence-electron chi connectivity index (χ4n) is 1.88. The lowest BCUT2D eigenvalue weighted by Gasteiger charge is -2.20. The molecular weight excluding hydrogens is 168 g/mol. The third-order valence-corrected chi connectivity index (χ3v) is 2.44. The van der Waals surface area contributed by atoms with Crippen molar-refractivity contribution in [3.05, 3.63) is 0 Å². The first-order valence-corrected chi connectivity index (χ1v) is 4.61. The van der Waals surface area contributed by atoms with Crippen LogP contribution in [0.4, 0.5) is 0 Å². The van der Waals surface area contributed by atoms with Gasteiger partial charge in [0.2, 0.25) is 12.3 Å². The van der Waals surface area contributed by atoms with Gasteiger partial charge in [0, 0.05) is 12.6 Å². The van der Waals surface area contributed by atoms with Crippen LogP contribution in [0.3, 0.4) is 0 Å². The molecule has 1 saturated heterocycles. The number of likely N-dealkylation sites (tertiary alicyclic amines) is 1. The molecule has 0 bridgehead atoms. The third-order valence-electron chi connectivity index (χ3n) is 2.44. The standard InChI is InChI=1S/C9H16N2O2/c1-7-3-8(2)11(5-7)9(13)4-10-6-12/h6-8H,3-5H2,1-2H3,(H,10,12)/t7-,8+/m0/s1. The Kier molecular flexibility index (Phi) is 3.28. The monoisotopic (exact) mass is 184 g/mol. The summed E-state index contributed by atoms with van der Waals surface area (Å²) >= 11 is 0. The van der Waals surface area contributed by atoms with E-state index in [4.69, 9.17) is 0 Å². The van der Waals surface area contributed by atoms with Crippen molar-refractivity contribution >= 4 is 12.3 Å². The SMILES string of the molecule is C[C@H]1C[C@@H](C)N(C(=O)CNC=O)C1. The summed E-state index contributed by atoms with van der Waals surface area (Å²) in [5.74, 6) is 0.596. The average molecular weight is 184 g/mol. The Morgan fingerprint density at radius 2 is 2.31 bits per heavy atom. The second-order valence-electron chi connectivity index (χ2n) is 3.73. The molecule has 2 amide bonds. The van der Waals surface area contributed by atoms with E-state index in [1.807, 2.05) is 11.8 Å². The Hall–Kier alpha value is -1.06. The summed E-state index contributed by atoms with van der Waals surface area (Å²) in [4.78, 5) is 23.3. The van der Waals surface area contributed by atoms with Gasteiger partial charge in [0.15, 0.2) is 0 Å². The molecule has 1 heterocycles. The van der Waals surface area contributed by atoms with Crippen molar-refractivity contribution in [2.75, 3.05) is 13.1 Å². The Bertz CT molecular complexity index is 206. The van der Waals surface area contributed by atoms with Gasteiger partial charge in [-0.05, 0) is 19.3 Å². The van der Waals surface area contributed by atoms with E-state index >= 15 is 0 Å². The zero-order valence-electron chi connectivity index (χ0n) is 8.12. The second-order valence-corrected chi connectivity index (χ2v) is 3.73. The zero-order valence-corrected chi connectivity index (χ0v) is 8.12. The van der Waals surface area contributed by atoms with Crippen LogP contribution >= 0.6 is 0 Å². The molecular formula is C9H16N2O2. The van der Waals surface area contributed by atoms with Crippen molar-refractivity contribution in [3.63, 3.8) is 0 Å². The molecule has 0 aromatic heterocycles. The molecule has 0 unspecified atom stereocenters. The maximum atomic E-state index is 11.5. The molecule has 1 rings (SSSR count). The fraction of sp³-hybridized carbons (Fsp3) is 0.778. The molecule has 1 aliphatic heterocycles. The quantitative estimate of drug-likeness (QED) is 0.627. The third kappa shape index (κ3) is 2.44. The fourth-order valence-corrected chi connectivity index (χ4v) is 1.88.